The summed E-state index contributed by atoms with van der Waals surface area (Å²) in [5, 5.41) is 11.4. The van der Waals surface area contributed by atoms with Crippen molar-refractivity contribution < 1.29 is 4.79 Å². The van der Waals surface area contributed by atoms with Crippen molar-refractivity contribution in [2.75, 3.05) is 11.6 Å². The van der Waals surface area contributed by atoms with Gasteiger partial charge in [-0.2, -0.15) is 0 Å². The van der Waals surface area contributed by atoms with Gasteiger partial charge in [0, 0.05) is 11.6 Å². The first kappa shape index (κ1) is 13.7. The highest BCUT2D eigenvalue weighted by Crippen LogP contribution is 2.12. The van der Waals surface area contributed by atoms with Crippen molar-refractivity contribution in [2.24, 2.45) is 0 Å². The molecular weight excluding hydrogens is 286 g/mol. The molecular formula is C11H12ClN5OS. The molecule has 1 amide bonds. The molecule has 0 aliphatic carbocycles. The molecule has 1 heterocycles. The lowest BCUT2D eigenvalue weighted by molar-refractivity contribution is -0.118. The topological polar surface area (TPSA) is 85.8 Å². The number of nitrogen functional groups attached to an aromatic ring is 1. The molecule has 3 N–H and O–H groups in total. The summed E-state index contributed by atoms with van der Waals surface area (Å²) >= 11 is 7.01. The van der Waals surface area contributed by atoms with E-state index >= 15 is 0 Å². The third kappa shape index (κ3) is 4.15. The fourth-order valence-corrected chi connectivity index (χ4v) is 2.11. The number of nitrogens with zero attached hydrogens (tertiary/aromatic N) is 3. The third-order valence-corrected chi connectivity index (χ3v) is 3.48. The summed E-state index contributed by atoms with van der Waals surface area (Å²) in [6.07, 6.45) is 1.38. The normalized spacial score (nSPS) is 10.4. The highest BCUT2D eigenvalue weighted by Gasteiger charge is 2.07. The second-order valence-corrected chi connectivity index (χ2v) is 5.09. The van der Waals surface area contributed by atoms with Gasteiger partial charge in [-0.05, 0) is 17.7 Å². The minimum absolute atomic E-state index is 0.0945. The molecule has 0 atom stereocenters. The largest absolute Gasteiger partial charge is 0.351 e. The minimum Gasteiger partial charge on any atom is -0.351 e. The molecule has 1 aromatic heterocycles. The van der Waals surface area contributed by atoms with Gasteiger partial charge < -0.3 is 11.2 Å². The number of benzene rings is 1. The van der Waals surface area contributed by atoms with Crippen molar-refractivity contribution in [3.05, 3.63) is 41.2 Å². The number of carbonyl (C=O) groups is 1. The summed E-state index contributed by atoms with van der Waals surface area (Å²) in [5.74, 6) is 5.68. The number of hydrogen-bond acceptors (Lipinski definition) is 5. The van der Waals surface area contributed by atoms with E-state index in [1.54, 1.807) is 12.1 Å². The molecule has 0 bridgehead atoms. The summed E-state index contributed by atoms with van der Waals surface area (Å²) in [5.41, 5.74) is 0.991. The van der Waals surface area contributed by atoms with E-state index in [1.807, 2.05) is 12.1 Å². The molecule has 2 aromatic rings. The molecule has 0 fully saturated rings. The summed E-state index contributed by atoms with van der Waals surface area (Å²) in [6.45, 7) is 0.464. The molecule has 0 saturated carbocycles. The number of hydrogen-bond donors (Lipinski definition) is 2. The maximum Gasteiger partial charge on any atom is 0.230 e. The zero-order chi connectivity index (χ0) is 13.7. The number of nitrogens with two attached hydrogens (primary N) is 1. The van der Waals surface area contributed by atoms with Gasteiger partial charge in [-0.25, -0.2) is 4.68 Å². The Morgan fingerprint density at radius 2 is 2.16 bits per heavy atom. The van der Waals surface area contributed by atoms with Crippen LogP contribution < -0.4 is 11.2 Å². The van der Waals surface area contributed by atoms with E-state index in [1.165, 1.54) is 22.8 Å². The van der Waals surface area contributed by atoms with Gasteiger partial charge >= 0.3 is 0 Å². The van der Waals surface area contributed by atoms with Gasteiger partial charge in [-0.15, -0.1) is 10.2 Å². The lowest BCUT2D eigenvalue weighted by Gasteiger charge is -2.05. The minimum atomic E-state index is -0.0945. The maximum atomic E-state index is 11.6. The molecule has 0 unspecified atom stereocenters. The van der Waals surface area contributed by atoms with Crippen LogP contribution in [0.2, 0.25) is 5.02 Å². The standard InChI is InChI=1S/C11H12ClN5OS/c12-9-3-1-8(2-4-9)5-14-10(18)6-19-11-16-15-7-17(11)13/h1-4,7H,5-6,13H2,(H,14,18). The maximum absolute atomic E-state index is 11.6. The Balaban J connectivity index is 1.76. The average Bonchev–Trinajstić information content (AvgIpc) is 2.81. The van der Waals surface area contributed by atoms with E-state index in [0.717, 1.165) is 5.56 Å². The van der Waals surface area contributed by atoms with Crippen LogP contribution in [0.3, 0.4) is 0 Å². The fraction of sp³-hybridized carbons (Fsp3) is 0.182. The van der Waals surface area contributed by atoms with E-state index in [4.69, 9.17) is 17.4 Å². The Labute approximate surface area is 119 Å². The Kier molecular flexibility index (Phi) is 4.64. The van der Waals surface area contributed by atoms with Crippen LogP contribution in [0.5, 0.6) is 0 Å². The van der Waals surface area contributed by atoms with Gasteiger partial charge in [0.25, 0.3) is 0 Å². The molecule has 0 aliphatic rings. The van der Waals surface area contributed by atoms with Crippen molar-refractivity contribution in [2.45, 2.75) is 11.7 Å². The first-order chi connectivity index (χ1) is 9.15. The van der Waals surface area contributed by atoms with Gasteiger partial charge in [-0.1, -0.05) is 35.5 Å². The average molecular weight is 298 g/mol. The van der Waals surface area contributed by atoms with Gasteiger partial charge in [0.2, 0.25) is 11.1 Å². The molecule has 6 nitrogen and oxygen atoms in total. The number of rotatable bonds is 5. The first-order valence-corrected chi connectivity index (χ1v) is 6.80. The van der Waals surface area contributed by atoms with Crippen LogP contribution in [0, 0.1) is 0 Å². The quantitative estimate of drug-likeness (QED) is 0.636. The van der Waals surface area contributed by atoms with Gasteiger partial charge in [0.05, 0.1) is 5.75 Å². The van der Waals surface area contributed by atoms with E-state index in [0.29, 0.717) is 16.7 Å². The molecule has 1 aromatic carbocycles. The number of carbonyl (C=O) groups excluding carboxylic acids is 1. The summed E-state index contributed by atoms with van der Waals surface area (Å²) in [4.78, 5) is 11.6. The van der Waals surface area contributed by atoms with Crippen molar-refractivity contribution in [1.29, 1.82) is 0 Å². The Morgan fingerprint density at radius 1 is 1.42 bits per heavy atom. The molecule has 2 rings (SSSR count). The molecule has 8 heteroatoms. The van der Waals surface area contributed by atoms with Crippen LogP contribution in [0.25, 0.3) is 0 Å². The van der Waals surface area contributed by atoms with E-state index in [-0.39, 0.29) is 11.7 Å². The molecule has 0 saturated heterocycles. The number of nitrogens with one attached hydrogen (secondary N) is 1. The van der Waals surface area contributed by atoms with Gasteiger partial charge in [-0.3, -0.25) is 4.79 Å². The second kappa shape index (κ2) is 6.44. The molecule has 0 spiro atoms. The number of amides is 1. The lowest BCUT2D eigenvalue weighted by atomic mass is 10.2. The van der Waals surface area contributed by atoms with Crippen molar-refractivity contribution in [3.63, 3.8) is 0 Å². The zero-order valence-corrected chi connectivity index (χ0v) is 11.5. The van der Waals surface area contributed by atoms with E-state index in [2.05, 4.69) is 15.5 Å². The zero-order valence-electron chi connectivity index (χ0n) is 9.91. The summed E-state index contributed by atoms with van der Waals surface area (Å²) < 4.78 is 1.27. The Morgan fingerprint density at radius 3 is 2.79 bits per heavy atom. The first-order valence-electron chi connectivity index (χ1n) is 5.44. The molecule has 0 radical (unpaired) electrons. The van der Waals surface area contributed by atoms with Crippen LogP contribution in [-0.2, 0) is 11.3 Å². The summed E-state index contributed by atoms with van der Waals surface area (Å²) in [7, 11) is 0. The third-order valence-electron chi connectivity index (χ3n) is 2.28. The van der Waals surface area contributed by atoms with Crippen LogP contribution >= 0.6 is 23.4 Å². The van der Waals surface area contributed by atoms with Crippen molar-refractivity contribution in [3.8, 4) is 0 Å². The van der Waals surface area contributed by atoms with E-state index in [9.17, 15) is 4.79 Å². The van der Waals surface area contributed by atoms with Crippen LogP contribution in [-0.4, -0.2) is 26.5 Å². The predicted octanol–water partition coefficient (Wildman–Crippen LogP) is 1.05. The lowest BCUT2D eigenvalue weighted by Crippen LogP contribution is -2.24. The Bertz CT molecular complexity index is 556. The Hall–Kier alpha value is -1.73. The number of thioether (sulfide) groups is 1. The molecule has 19 heavy (non-hydrogen) atoms. The van der Waals surface area contributed by atoms with Crippen LogP contribution in [0.1, 0.15) is 5.56 Å². The molecule has 0 aliphatic heterocycles. The number of halogens is 1. The van der Waals surface area contributed by atoms with Crippen LogP contribution in [0.15, 0.2) is 35.7 Å². The summed E-state index contributed by atoms with van der Waals surface area (Å²) in [6, 6.07) is 7.31. The monoisotopic (exact) mass is 297 g/mol. The van der Waals surface area contributed by atoms with Crippen molar-refractivity contribution >= 4 is 29.3 Å². The number of aromatic nitrogens is 3. The second-order valence-electron chi connectivity index (χ2n) is 3.71. The van der Waals surface area contributed by atoms with Crippen molar-refractivity contribution in [1.82, 2.24) is 20.2 Å². The van der Waals surface area contributed by atoms with Gasteiger partial charge in [0.1, 0.15) is 6.33 Å². The smallest absolute Gasteiger partial charge is 0.230 e. The predicted molar refractivity (Wildman–Crippen MR) is 74.2 cm³/mol. The van der Waals surface area contributed by atoms with Gasteiger partial charge in [0.15, 0.2) is 0 Å². The van der Waals surface area contributed by atoms with Crippen LogP contribution in [0.4, 0.5) is 0 Å². The van der Waals surface area contributed by atoms with E-state index < -0.39 is 0 Å². The molecule has 100 valence electrons. The SMILES string of the molecule is Nn1cnnc1SCC(=O)NCc1ccc(Cl)cc1. The fourth-order valence-electron chi connectivity index (χ4n) is 1.32. The highest BCUT2D eigenvalue weighted by atomic mass is 35.5. The highest BCUT2D eigenvalue weighted by molar-refractivity contribution is 7.99.